The van der Waals surface area contributed by atoms with E-state index in [0.717, 1.165) is 41.7 Å². The summed E-state index contributed by atoms with van der Waals surface area (Å²) in [6.07, 6.45) is 3.43. The zero-order valence-electron chi connectivity index (χ0n) is 11.0. The molecule has 0 spiro atoms. The van der Waals surface area contributed by atoms with Crippen molar-refractivity contribution in [1.29, 1.82) is 0 Å². The minimum atomic E-state index is 0.464. The van der Waals surface area contributed by atoms with Crippen molar-refractivity contribution >= 4 is 45.0 Å². The van der Waals surface area contributed by atoms with Gasteiger partial charge in [0.2, 0.25) is 0 Å². The molecule has 0 aromatic carbocycles. The number of pyridine rings is 1. The Bertz CT molecular complexity index is 638. The van der Waals surface area contributed by atoms with Crippen LogP contribution < -0.4 is 4.90 Å². The van der Waals surface area contributed by atoms with E-state index >= 15 is 0 Å². The first kappa shape index (κ1) is 13.6. The van der Waals surface area contributed by atoms with Crippen molar-refractivity contribution in [2.45, 2.75) is 0 Å². The summed E-state index contributed by atoms with van der Waals surface area (Å²) in [5.74, 6) is 0. The van der Waals surface area contributed by atoms with Crippen molar-refractivity contribution in [2.24, 2.45) is 0 Å². The maximum atomic E-state index is 6.11. The molecule has 1 fully saturated rings. The summed E-state index contributed by atoms with van der Waals surface area (Å²) in [6, 6.07) is 1.90. The van der Waals surface area contributed by atoms with Gasteiger partial charge in [0.25, 0.3) is 0 Å². The number of aromatic nitrogens is 2. The maximum Gasteiger partial charge on any atom is 0.174 e. The van der Waals surface area contributed by atoms with Crippen LogP contribution in [0.15, 0.2) is 12.3 Å². The number of rotatable bonds is 3. The van der Waals surface area contributed by atoms with E-state index in [0.29, 0.717) is 10.8 Å². The quantitative estimate of drug-likeness (QED) is 0.644. The van der Waals surface area contributed by atoms with Gasteiger partial charge in [-0.2, -0.15) is 0 Å². The molecule has 2 aromatic heterocycles. The monoisotopic (exact) mass is 311 g/mol. The van der Waals surface area contributed by atoms with E-state index in [2.05, 4.69) is 14.9 Å². The number of morpholine rings is 1. The van der Waals surface area contributed by atoms with Crippen LogP contribution in [0.5, 0.6) is 0 Å². The Kier molecular flexibility index (Phi) is 4.05. The van der Waals surface area contributed by atoms with Gasteiger partial charge < -0.3 is 14.4 Å². The Labute approximate surface area is 125 Å². The summed E-state index contributed by atoms with van der Waals surface area (Å²) >= 11 is 7.69. The SMILES string of the molecule is COC=Cc1nc2nc(Cl)cc(N3CCOCC3)c2s1. The fourth-order valence-electron chi connectivity index (χ4n) is 2.12. The topological polar surface area (TPSA) is 47.5 Å². The molecule has 1 saturated heterocycles. The third kappa shape index (κ3) is 2.72. The number of anilines is 1. The molecule has 5 nitrogen and oxygen atoms in total. The Hall–Kier alpha value is -1.37. The van der Waals surface area contributed by atoms with Gasteiger partial charge in [-0.25, -0.2) is 9.97 Å². The van der Waals surface area contributed by atoms with Crippen LogP contribution in [-0.2, 0) is 9.47 Å². The van der Waals surface area contributed by atoms with Crippen LogP contribution in [0.4, 0.5) is 5.69 Å². The molecule has 3 rings (SSSR count). The van der Waals surface area contributed by atoms with Crippen LogP contribution in [0.2, 0.25) is 5.15 Å². The molecule has 0 atom stereocenters. The lowest BCUT2D eigenvalue weighted by molar-refractivity contribution is 0.123. The van der Waals surface area contributed by atoms with Gasteiger partial charge in [0.05, 0.1) is 37.0 Å². The van der Waals surface area contributed by atoms with Crippen LogP contribution in [0.25, 0.3) is 16.4 Å². The molecule has 20 heavy (non-hydrogen) atoms. The summed E-state index contributed by atoms with van der Waals surface area (Å²) in [7, 11) is 1.61. The number of nitrogens with zero attached hydrogens (tertiary/aromatic N) is 3. The van der Waals surface area contributed by atoms with Gasteiger partial charge in [0.15, 0.2) is 5.65 Å². The van der Waals surface area contributed by atoms with Crippen LogP contribution >= 0.6 is 22.9 Å². The molecule has 2 aromatic rings. The summed E-state index contributed by atoms with van der Waals surface area (Å²) in [5.41, 5.74) is 1.76. The van der Waals surface area contributed by atoms with Crippen molar-refractivity contribution in [3.63, 3.8) is 0 Å². The van der Waals surface area contributed by atoms with E-state index in [9.17, 15) is 0 Å². The summed E-state index contributed by atoms with van der Waals surface area (Å²) in [5, 5.41) is 1.32. The van der Waals surface area contributed by atoms with Crippen molar-refractivity contribution in [1.82, 2.24) is 9.97 Å². The van der Waals surface area contributed by atoms with Gasteiger partial charge in [0.1, 0.15) is 10.2 Å². The number of hydrogen-bond acceptors (Lipinski definition) is 6. The Morgan fingerprint density at radius 3 is 2.95 bits per heavy atom. The molecule has 0 bridgehead atoms. The number of thiazole rings is 1. The Morgan fingerprint density at radius 1 is 1.40 bits per heavy atom. The smallest absolute Gasteiger partial charge is 0.174 e. The maximum absolute atomic E-state index is 6.11. The standard InChI is InChI=1S/C13H14ClN3O2S/c1-18-5-2-11-16-13-12(20-11)9(8-10(14)15-13)17-3-6-19-7-4-17/h2,5,8H,3-4,6-7H2,1H3. The molecular weight excluding hydrogens is 298 g/mol. The van der Waals surface area contributed by atoms with Crippen molar-refractivity contribution in [3.05, 3.63) is 22.5 Å². The molecule has 0 saturated carbocycles. The lowest BCUT2D eigenvalue weighted by Gasteiger charge is -2.29. The third-order valence-corrected chi connectivity index (χ3v) is 4.25. The second kappa shape index (κ2) is 5.95. The zero-order valence-corrected chi connectivity index (χ0v) is 12.6. The van der Waals surface area contributed by atoms with E-state index in [1.165, 1.54) is 0 Å². The molecular formula is C13H14ClN3O2S. The zero-order chi connectivity index (χ0) is 13.9. The van der Waals surface area contributed by atoms with E-state index < -0.39 is 0 Å². The highest BCUT2D eigenvalue weighted by molar-refractivity contribution is 7.20. The predicted molar refractivity (Wildman–Crippen MR) is 81.5 cm³/mol. The lowest BCUT2D eigenvalue weighted by atomic mass is 10.3. The van der Waals surface area contributed by atoms with Crippen LogP contribution in [0.1, 0.15) is 5.01 Å². The molecule has 0 unspecified atom stereocenters. The Balaban J connectivity index is 2.05. The highest BCUT2D eigenvalue weighted by atomic mass is 35.5. The fourth-order valence-corrected chi connectivity index (χ4v) is 3.24. The van der Waals surface area contributed by atoms with Crippen LogP contribution in [-0.4, -0.2) is 43.4 Å². The minimum absolute atomic E-state index is 0.464. The molecule has 0 aliphatic carbocycles. The van der Waals surface area contributed by atoms with Gasteiger partial charge in [-0.15, -0.1) is 11.3 Å². The van der Waals surface area contributed by atoms with E-state index in [4.69, 9.17) is 21.1 Å². The van der Waals surface area contributed by atoms with E-state index in [1.807, 2.05) is 12.1 Å². The predicted octanol–water partition coefficient (Wildman–Crippen LogP) is 2.80. The number of hydrogen-bond donors (Lipinski definition) is 0. The first-order valence-electron chi connectivity index (χ1n) is 6.27. The molecule has 7 heteroatoms. The van der Waals surface area contributed by atoms with Gasteiger partial charge >= 0.3 is 0 Å². The second-order valence-corrected chi connectivity index (χ2v) is 5.72. The molecule has 1 aliphatic rings. The number of ether oxygens (including phenoxy) is 2. The fraction of sp³-hybridized carbons (Fsp3) is 0.385. The van der Waals surface area contributed by atoms with Crippen molar-refractivity contribution in [3.8, 4) is 0 Å². The molecule has 0 N–H and O–H groups in total. The highest BCUT2D eigenvalue weighted by Gasteiger charge is 2.18. The van der Waals surface area contributed by atoms with Gasteiger partial charge in [-0.3, -0.25) is 0 Å². The summed E-state index contributed by atoms with van der Waals surface area (Å²) in [4.78, 5) is 11.0. The number of halogens is 1. The minimum Gasteiger partial charge on any atom is -0.504 e. The van der Waals surface area contributed by atoms with Crippen molar-refractivity contribution in [2.75, 3.05) is 38.3 Å². The normalized spacial score (nSPS) is 16.2. The molecule has 1 aliphatic heterocycles. The van der Waals surface area contributed by atoms with Gasteiger partial charge in [-0.05, 0) is 0 Å². The van der Waals surface area contributed by atoms with Crippen LogP contribution in [0.3, 0.4) is 0 Å². The van der Waals surface area contributed by atoms with E-state index in [-0.39, 0.29) is 0 Å². The molecule has 0 radical (unpaired) electrons. The average molecular weight is 312 g/mol. The van der Waals surface area contributed by atoms with E-state index in [1.54, 1.807) is 24.7 Å². The largest absolute Gasteiger partial charge is 0.504 e. The van der Waals surface area contributed by atoms with Gasteiger partial charge in [-0.1, -0.05) is 11.6 Å². The van der Waals surface area contributed by atoms with Crippen LogP contribution in [0, 0.1) is 0 Å². The average Bonchev–Trinajstić information content (AvgIpc) is 2.87. The first-order chi connectivity index (χ1) is 9.78. The second-order valence-electron chi connectivity index (χ2n) is 4.31. The highest BCUT2D eigenvalue weighted by Crippen LogP contribution is 2.34. The van der Waals surface area contributed by atoms with Gasteiger partial charge in [0, 0.05) is 25.2 Å². The lowest BCUT2D eigenvalue weighted by Crippen LogP contribution is -2.36. The summed E-state index contributed by atoms with van der Waals surface area (Å²) in [6.45, 7) is 3.18. The Morgan fingerprint density at radius 2 is 2.20 bits per heavy atom. The number of fused-ring (bicyclic) bond motifs is 1. The number of methoxy groups -OCH3 is 1. The molecule has 3 heterocycles. The van der Waals surface area contributed by atoms with Crippen molar-refractivity contribution < 1.29 is 9.47 Å². The summed E-state index contributed by atoms with van der Waals surface area (Å²) < 4.78 is 11.4. The molecule has 0 amide bonds. The first-order valence-corrected chi connectivity index (χ1v) is 7.46. The molecule has 106 valence electrons. The third-order valence-electron chi connectivity index (χ3n) is 3.03.